The van der Waals surface area contributed by atoms with Crippen molar-refractivity contribution in [1.29, 1.82) is 0 Å². The number of aromatic nitrogens is 4. The highest BCUT2D eigenvalue weighted by atomic mass is 19.1. The normalized spacial score (nSPS) is 11.0. The SMILES string of the molecule is COCC(=O)N(N)C(=O)c1nc(-c2nnc(Cc3ccc(F)cc3)o2)c(O)c2ncccc12. The highest BCUT2D eigenvalue weighted by Gasteiger charge is 2.27. The van der Waals surface area contributed by atoms with E-state index in [9.17, 15) is 19.1 Å². The second kappa shape index (κ2) is 9.06. The van der Waals surface area contributed by atoms with Gasteiger partial charge < -0.3 is 14.3 Å². The largest absolute Gasteiger partial charge is 0.504 e. The molecule has 11 nitrogen and oxygen atoms in total. The predicted octanol–water partition coefficient (Wildman–Crippen LogP) is 1.60. The van der Waals surface area contributed by atoms with E-state index in [1.165, 1.54) is 37.6 Å². The summed E-state index contributed by atoms with van der Waals surface area (Å²) in [6.07, 6.45) is 1.61. The van der Waals surface area contributed by atoms with Crippen LogP contribution >= 0.6 is 0 Å². The number of hydrogen-bond acceptors (Lipinski definition) is 10. The minimum Gasteiger partial charge on any atom is -0.504 e. The van der Waals surface area contributed by atoms with Gasteiger partial charge in [0.15, 0.2) is 11.4 Å². The number of carbonyl (C=O) groups is 2. The van der Waals surface area contributed by atoms with Gasteiger partial charge in [-0.05, 0) is 29.8 Å². The predicted molar refractivity (Wildman–Crippen MR) is 111 cm³/mol. The maximum absolute atomic E-state index is 13.1. The molecule has 2 amide bonds. The van der Waals surface area contributed by atoms with Crippen molar-refractivity contribution < 1.29 is 28.2 Å². The van der Waals surface area contributed by atoms with E-state index in [1.54, 1.807) is 12.1 Å². The van der Waals surface area contributed by atoms with Crippen molar-refractivity contribution in [2.24, 2.45) is 5.84 Å². The highest BCUT2D eigenvalue weighted by Crippen LogP contribution is 2.34. The number of hydrogen-bond donors (Lipinski definition) is 2. The number of benzene rings is 1. The van der Waals surface area contributed by atoms with E-state index >= 15 is 0 Å². The van der Waals surface area contributed by atoms with Gasteiger partial charge in [-0.15, -0.1) is 10.2 Å². The average Bonchev–Trinajstić information content (AvgIpc) is 3.28. The van der Waals surface area contributed by atoms with Gasteiger partial charge in [0, 0.05) is 18.7 Å². The maximum atomic E-state index is 13.1. The summed E-state index contributed by atoms with van der Waals surface area (Å²) in [5, 5.41) is 19.1. The number of imide groups is 1. The Morgan fingerprint density at radius 3 is 2.70 bits per heavy atom. The zero-order chi connectivity index (χ0) is 23.5. The third-order valence-corrected chi connectivity index (χ3v) is 4.63. The third-order valence-electron chi connectivity index (χ3n) is 4.63. The first-order valence-corrected chi connectivity index (χ1v) is 9.55. The Morgan fingerprint density at radius 2 is 1.97 bits per heavy atom. The number of ether oxygens (including phenoxy) is 1. The van der Waals surface area contributed by atoms with E-state index in [2.05, 4.69) is 20.2 Å². The van der Waals surface area contributed by atoms with Gasteiger partial charge in [0.2, 0.25) is 5.89 Å². The third kappa shape index (κ3) is 4.37. The average molecular weight is 452 g/mol. The first kappa shape index (κ1) is 21.9. The van der Waals surface area contributed by atoms with Crippen LogP contribution in [0.25, 0.3) is 22.5 Å². The Hall–Kier alpha value is -4.29. The van der Waals surface area contributed by atoms with Crippen LogP contribution in [0.15, 0.2) is 47.0 Å². The monoisotopic (exact) mass is 452 g/mol. The van der Waals surface area contributed by atoms with Crippen LogP contribution in [0.1, 0.15) is 21.9 Å². The molecular formula is C21H17FN6O5. The van der Waals surface area contributed by atoms with Gasteiger partial charge in [-0.3, -0.25) is 14.6 Å². The molecule has 0 fully saturated rings. The van der Waals surface area contributed by atoms with E-state index in [-0.39, 0.29) is 46.3 Å². The van der Waals surface area contributed by atoms with E-state index in [0.717, 1.165) is 5.56 Å². The molecule has 4 aromatic rings. The number of fused-ring (bicyclic) bond motifs is 1. The summed E-state index contributed by atoms with van der Waals surface area (Å²) in [5.74, 6) is 3.12. The molecule has 3 aromatic heterocycles. The standard InChI is InChI=1S/C21H17FN6O5/c1-32-10-15(29)28(23)21(31)17-13-3-2-8-24-16(13)19(30)18(25-17)20-27-26-14(33-20)9-11-4-6-12(22)7-5-11/h2-8,30H,9-10,23H2,1H3. The van der Waals surface area contributed by atoms with Crippen LogP contribution < -0.4 is 5.84 Å². The molecule has 0 bridgehead atoms. The second-order valence-electron chi connectivity index (χ2n) is 6.86. The summed E-state index contributed by atoms with van der Waals surface area (Å²) >= 11 is 0. The Morgan fingerprint density at radius 1 is 1.21 bits per heavy atom. The van der Waals surface area contributed by atoms with Gasteiger partial charge >= 0.3 is 0 Å². The number of nitrogens with two attached hydrogens (primary N) is 1. The molecule has 33 heavy (non-hydrogen) atoms. The van der Waals surface area contributed by atoms with E-state index in [0.29, 0.717) is 5.01 Å². The molecule has 3 heterocycles. The lowest BCUT2D eigenvalue weighted by Gasteiger charge is -2.15. The number of hydrazine groups is 1. The first-order chi connectivity index (χ1) is 15.9. The topological polar surface area (TPSA) is 158 Å². The first-order valence-electron chi connectivity index (χ1n) is 9.55. The van der Waals surface area contributed by atoms with Gasteiger partial charge in [0.1, 0.15) is 23.6 Å². The van der Waals surface area contributed by atoms with Gasteiger partial charge in [0.05, 0.1) is 6.42 Å². The Kier molecular flexibility index (Phi) is 6.02. The van der Waals surface area contributed by atoms with Crippen molar-refractivity contribution in [2.45, 2.75) is 6.42 Å². The molecule has 1 aromatic carbocycles. The number of carbonyl (C=O) groups excluding carboxylic acids is 2. The quantitative estimate of drug-likeness (QED) is 0.250. The summed E-state index contributed by atoms with van der Waals surface area (Å²) in [7, 11) is 1.28. The molecule has 0 aliphatic heterocycles. The molecule has 0 unspecified atom stereocenters. The molecule has 12 heteroatoms. The number of halogens is 1. The van der Waals surface area contributed by atoms with E-state index < -0.39 is 24.2 Å². The number of rotatable bonds is 6. The van der Waals surface area contributed by atoms with Crippen LogP contribution in [0.2, 0.25) is 0 Å². The minimum absolute atomic E-state index is 0.0247. The van der Waals surface area contributed by atoms with Gasteiger partial charge in [0.25, 0.3) is 17.7 Å². The number of aromatic hydroxyl groups is 1. The molecule has 3 N–H and O–H groups in total. The summed E-state index contributed by atoms with van der Waals surface area (Å²) in [6.45, 7) is -0.417. The van der Waals surface area contributed by atoms with Crippen molar-refractivity contribution in [1.82, 2.24) is 25.2 Å². The van der Waals surface area contributed by atoms with Crippen LogP contribution in [0, 0.1) is 5.82 Å². The number of amides is 2. The smallest absolute Gasteiger partial charge is 0.294 e. The summed E-state index contributed by atoms with van der Waals surface area (Å²) in [4.78, 5) is 33.2. The number of pyridine rings is 2. The second-order valence-corrected chi connectivity index (χ2v) is 6.86. The van der Waals surface area contributed by atoms with Crippen molar-refractivity contribution in [3.63, 3.8) is 0 Å². The molecule has 0 radical (unpaired) electrons. The van der Waals surface area contributed by atoms with Crippen molar-refractivity contribution in [2.75, 3.05) is 13.7 Å². The van der Waals surface area contributed by atoms with Crippen LogP contribution in [-0.2, 0) is 16.0 Å². The highest BCUT2D eigenvalue weighted by molar-refractivity contribution is 6.11. The van der Waals surface area contributed by atoms with Gasteiger partial charge in [-0.25, -0.2) is 20.2 Å². The van der Waals surface area contributed by atoms with Crippen molar-refractivity contribution in [3.05, 3.63) is 65.6 Å². The van der Waals surface area contributed by atoms with Crippen LogP contribution in [0.4, 0.5) is 4.39 Å². The molecule has 0 aliphatic rings. The molecule has 0 spiro atoms. The fourth-order valence-electron chi connectivity index (χ4n) is 3.05. The molecule has 0 saturated carbocycles. The van der Waals surface area contributed by atoms with E-state index in [1.807, 2.05) is 0 Å². The van der Waals surface area contributed by atoms with Crippen LogP contribution in [0.3, 0.4) is 0 Å². The Balaban J connectivity index is 1.75. The number of methoxy groups -OCH3 is 1. The van der Waals surface area contributed by atoms with Gasteiger partial charge in [-0.1, -0.05) is 12.1 Å². The van der Waals surface area contributed by atoms with Gasteiger partial charge in [-0.2, -0.15) is 0 Å². The minimum atomic E-state index is -0.942. The van der Waals surface area contributed by atoms with Crippen LogP contribution in [0.5, 0.6) is 5.75 Å². The number of nitrogens with zero attached hydrogens (tertiary/aromatic N) is 5. The van der Waals surface area contributed by atoms with Crippen molar-refractivity contribution in [3.8, 4) is 17.3 Å². The molecular weight excluding hydrogens is 435 g/mol. The zero-order valence-electron chi connectivity index (χ0n) is 17.2. The maximum Gasteiger partial charge on any atom is 0.294 e. The molecule has 0 saturated heterocycles. The lowest BCUT2D eigenvalue weighted by Crippen LogP contribution is -2.44. The lowest BCUT2D eigenvalue weighted by atomic mass is 10.1. The Labute approximate surface area is 185 Å². The summed E-state index contributed by atoms with van der Waals surface area (Å²) in [5.41, 5.74) is 0.276. The molecule has 168 valence electrons. The van der Waals surface area contributed by atoms with Crippen LogP contribution in [-0.4, -0.2) is 55.8 Å². The lowest BCUT2D eigenvalue weighted by molar-refractivity contribution is -0.132. The van der Waals surface area contributed by atoms with E-state index in [4.69, 9.17) is 15.0 Å². The summed E-state index contributed by atoms with van der Waals surface area (Å²) < 4.78 is 23.4. The zero-order valence-corrected chi connectivity index (χ0v) is 17.2. The fraction of sp³-hybridized carbons (Fsp3) is 0.143. The molecule has 0 atom stereocenters. The Bertz CT molecular complexity index is 1340. The van der Waals surface area contributed by atoms with Crippen molar-refractivity contribution >= 4 is 22.7 Å². The summed E-state index contributed by atoms with van der Waals surface area (Å²) in [6, 6.07) is 8.77. The molecule has 0 aliphatic carbocycles. The fourth-order valence-corrected chi connectivity index (χ4v) is 3.05. The molecule has 4 rings (SSSR count).